The Bertz CT molecular complexity index is 603. The van der Waals surface area contributed by atoms with Gasteiger partial charge >= 0.3 is 0 Å². The van der Waals surface area contributed by atoms with Crippen molar-refractivity contribution in [3.05, 3.63) is 12.5 Å². The molecule has 118 valence electrons. The molecule has 1 fully saturated rings. The van der Waals surface area contributed by atoms with E-state index in [9.17, 15) is 8.42 Å². The van der Waals surface area contributed by atoms with Gasteiger partial charge in [-0.15, -0.1) is 0 Å². The molecule has 1 unspecified atom stereocenters. The number of aryl methyl sites for hydroxylation is 1. The Hall–Kier alpha value is -1.45. The van der Waals surface area contributed by atoms with Crippen LogP contribution in [0.2, 0.25) is 0 Å². The second-order valence-corrected chi connectivity index (χ2v) is 7.00. The van der Waals surface area contributed by atoms with Gasteiger partial charge in [-0.3, -0.25) is 10.3 Å². The first-order chi connectivity index (χ1) is 9.86. The number of amidine groups is 1. The Kier molecular flexibility index (Phi) is 4.64. The van der Waals surface area contributed by atoms with E-state index in [0.29, 0.717) is 32.7 Å². The number of hydrogen-bond donors (Lipinski definition) is 2. The van der Waals surface area contributed by atoms with Crippen molar-refractivity contribution in [3.8, 4) is 0 Å². The zero-order valence-electron chi connectivity index (χ0n) is 12.4. The number of imidazole rings is 1. The lowest BCUT2D eigenvalue weighted by Gasteiger charge is -2.36. The minimum atomic E-state index is -3.53. The average Bonchev–Trinajstić information content (AvgIpc) is 2.96. The summed E-state index contributed by atoms with van der Waals surface area (Å²) in [6.45, 7) is 6.38. The molecule has 3 N–H and O–H groups in total. The molecule has 1 saturated heterocycles. The molecule has 0 bridgehead atoms. The summed E-state index contributed by atoms with van der Waals surface area (Å²) < 4.78 is 28.2. The highest BCUT2D eigenvalue weighted by molar-refractivity contribution is 7.89. The van der Waals surface area contributed by atoms with E-state index in [1.54, 1.807) is 10.8 Å². The Labute approximate surface area is 125 Å². The number of aromatic nitrogens is 2. The highest BCUT2D eigenvalue weighted by Gasteiger charge is 2.31. The third-order valence-corrected chi connectivity index (χ3v) is 5.63. The zero-order valence-corrected chi connectivity index (χ0v) is 13.2. The van der Waals surface area contributed by atoms with Gasteiger partial charge in [0.2, 0.25) is 0 Å². The van der Waals surface area contributed by atoms with Crippen LogP contribution in [0, 0.1) is 5.41 Å². The molecule has 1 aliphatic rings. The van der Waals surface area contributed by atoms with Gasteiger partial charge in [-0.2, -0.15) is 4.31 Å². The minimum Gasteiger partial charge on any atom is -0.386 e. The third-order valence-electron chi connectivity index (χ3n) is 3.85. The van der Waals surface area contributed by atoms with E-state index >= 15 is 0 Å². The quantitative estimate of drug-likeness (QED) is 0.564. The summed E-state index contributed by atoms with van der Waals surface area (Å²) in [6, 6.07) is -0.158. The fourth-order valence-corrected chi connectivity index (χ4v) is 3.66. The van der Waals surface area contributed by atoms with Gasteiger partial charge in [-0.1, -0.05) is 0 Å². The fourth-order valence-electron chi connectivity index (χ4n) is 2.31. The van der Waals surface area contributed by atoms with E-state index in [2.05, 4.69) is 4.98 Å². The molecule has 1 atom stereocenters. The first-order valence-corrected chi connectivity index (χ1v) is 8.40. The van der Waals surface area contributed by atoms with Gasteiger partial charge in [0.05, 0.1) is 12.4 Å². The Morgan fingerprint density at radius 2 is 2.05 bits per heavy atom. The Morgan fingerprint density at radius 3 is 2.52 bits per heavy atom. The fraction of sp³-hybridized carbons (Fsp3) is 0.667. The highest BCUT2D eigenvalue weighted by atomic mass is 32.2. The van der Waals surface area contributed by atoms with Crippen molar-refractivity contribution in [2.24, 2.45) is 5.73 Å². The first kappa shape index (κ1) is 15.9. The van der Waals surface area contributed by atoms with Crippen molar-refractivity contribution in [2.45, 2.75) is 31.5 Å². The number of nitrogens with two attached hydrogens (primary N) is 1. The molecule has 0 radical (unpaired) electrons. The summed E-state index contributed by atoms with van der Waals surface area (Å²) in [5.41, 5.74) is 5.49. The third kappa shape index (κ3) is 3.25. The molecule has 2 heterocycles. The summed E-state index contributed by atoms with van der Waals surface area (Å²) >= 11 is 0. The second-order valence-electron chi connectivity index (χ2n) is 5.11. The number of nitrogens with one attached hydrogen (secondary N) is 1. The van der Waals surface area contributed by atoms with Gasteiger partial charge in [-0.25, -0.2) is 13.4 Å². The number of rotatable bonds is 5. The average molecular weight is 314 g/mol. The number of hydrogen-bond acceptors (Lipinski definition) is 5. The first-order valence-electron chi connectivity index (χ1n) is 6.96. The van der Waals surface area contributed by atoms with Gasteiger partial charge in [0.1, 0.15) is 5.84 Å². The van der Waals surface area contributed by atoms with Crippen LogP contribution in [0.5, 0.6) is 0 Å². The molecule has 8 nitrogen and oxygen atoms in total. The van der Waals surface area contributed by atoms with Gasteiger partial charge < -0.3 is 10.3 Å². The number of sulfonamides is 1. The molecule has 2 rings (SSSR count). The van der Waals surface area contributed by atoms with Crippen molar-refractivity contribution in [1.82, 2.24) is 18.8 Å². The van der Waals surface area contributed by atoms with Crippen LogP contribution < -0.4 is 5.73 Å². The normalized spacial score (nSPS) is 19.5. The molecule has 0 aromatic carbocycles. The van der Waals surface area contributed by atoms with E-state index < -0.39 is 10.0 Å². The van der Waals surface area contributed by atoms with Crippen LogP contribution >= 0.6 is 0 Å². The van der Waals surface area contributed by atoms with Crippen molar-refractivity contribution in [2.75, 3.05) is 26.2 Å². The van der Waals surface area contributed by atoms with E-state index in [4.69, 9.17) is 11.1 Å². The molecule has 9 heteroatoms. The smallest absolute Gasteiger partial charge is 0.262 e. The molecule has 0 saturated carbocycles. The van der Waals surface area contributed by atoms with Crippen LogP contribution in [-0.4, -0.2) is 65.2 Å². The van der Waals surface area contributed by atoms with Crippen molar-refractivity contribution in [3.63, 3.8) is 0 Å². The van der Waals surface area contributed by atoms with Crippen LogP contribution in [0.25, 0.3) is 0 Å². The largest absolute Gasteiger partial charge is 0.386 e. The topological polar surface area (TPSA) is 108 Å². The molecule has 0 aliphatic carbocycles. The lowest BCUT2D eigenvalue weighted by Crippen LogP contribution is -2.54. The van der Waals surface area contributed by atoms with Crippen LogP contribution in [0.4, 0.5) is 0 Å². The number of nitrogens with zero attached hydrogens (tertiary/aromatic N) is 4. The summed E-state index contributed by atoms with van der Waals surface area (Å²) in [5.74, 6) is 0.105. The summed E-state index contributed by atoms with van der Waals surface area (Å²) in [6.07, 6.45) is 3.08. The van der Waals surface area contributed by atoms with E-state index in [1.165, 1.54) is 10.6 Å². The minimum absolute atomic E-state index is 0.0948. The molecule has 0 amide bonds. The van der Waals surface area contributed by atoms with E-state index in [1.807, 2.05) is 18.7 Å². The zero-order chi connectivity index (χ0) is 15.6. The predicted molar refractivity (Wildman–Crippen MR) is 79.6 cm³/mol. The SMILES string of the molecule is CCn1cnc(S(=O)(=O)N2CCN(C(C)C(=N)N)CC2)c1. The van der Waals surface area contributed by atoms with E-state index in [0.717, 1.165) is 0 Å². The van der Waals surface area contributed by atoms with Gasteiger partial charge in [0, 0.05) is 38.9 Å². The molecule has 1 aromatic rings. The van der Waals surface area contributed by atoms with Crippen LogP contribution in [-0.2, 0) is 16.6 Å². The molecular weight excluding hydrogens is 292 g/mol. The lowest BCUT2D eigenvalue weighted by molar-refractivity contribution is 0.173. The van der Waals surface area contributed by atoms with Crippen molar-refractivity contribution in [1.29, 1.82) is 5.41 Å². The maximum atomic E-state index is 12.5. The van der Waals surface area contributed by atoms with Crippen molar-refractivity contribution >= 4 is 15.9 Å². The monoisotopic (exact) mass is 314 g/mol. The van der Waals surface area contributed by atoms with Gasteiger partial charge in [-0.05, 0) is 13.8 Å². The predicted octanol–water partition coefficient (Wildman–Crippen LogP) is -0.466. The molecular formula is C12H22N6O2S. The standard InChI is InChI=1S/C12H22N6O2S/c1-3-16-8-11(15-9-16)21(19,20)18-6-4-17(5-7-18)10(2)12(13)14/h8-10H,3-7H2,1-2H3,(H3,13,14). The second kappa shape index (κ2) is 6.12. The van der Waals surface area contributed by atoms with Crippen LogP contribution in [0.3, 0.4) is 0 Å². The maximum absolute atomic E-state index is 12.5. The Morgan fingerprint density at radius 1 is 1.43 bits per heavy atom. The molecule has 21 heavy (non-hydrogen) atoms. The molecule has 1 aliphatic heterocycles. The lowest BCUT2D eigenvalue weighted by atomic mass is 10.2. The Balaban J connectivity index is 2.05. The van der Waals surface area contributed by atoms with E-state index in [-0.39, 0.29) is 16.9 Å². The van der Waals surface area contributed by atoms with Gasteiger partial charge in [0.15, 0.2) is 5.03 Å². The summed E-state index contributed by atoms with van der Waals surface area (Å²) in [7, 11) is -3.53. The molecule has 0 spiro atoms. The van der Waals surface area contributed by atoms with Crippen LogP contribution in [0.15, 0.2) is 17.6 Å². The van der Waals surface area contributed by atoms with Crippen LogP contribution in [0.1, 0.15) is 13.8 Å². The van der Waals surface area contributed by atoms with Crippen molar-refractivity contribution < 1.29 is 8.42 Å². The number of piperazine rings is 1. The maximum Gasteiger partial charge on any atom is 0.262 e. The highest BCUT2D eigenvalue weighted by Crippen LogP contribution is 2.16. The van der Waals surface area contributed by atoms with Gasteiger partial charge in [0.25, 0.3) is 10.0 Å². The summed E-state index contributed by atoms with van der Waals surface area (Å²) in [5, 5.41) is 7.55. The summed E-state index contributed by atoms with van der Waals surface area (Å²) in [4.78, 5) is 5.99. The molecule has 1 aromatic heterocycles.